The molecule has 10 heteroatoms. The summed E-state index contributed by atoms with van der Waals surface area (Å²) in [6.45, 7) is 6.99. The number of aryl methyl sites for hydroxylation is 1. The molecule has 2 rings (SSSR count). The molecule has 8 nitrogen and oxygen atoms in total. The standard InChI is InChI=1S/C26H37FN4O4S/c1-7-20(4)28-26(33)23(8-2)30(17-21-15-13-19(3)14-16-21)25(32)18-31(36(34,35)29(5)6)24-12-10-9-11-22(24)27/h9-16,20,23H,7-8,17-18H2,1-6H3,(H,28,33)/t20-,23+/m1/s1. The second kappa shape index (κ2) is 12.8. The number of nitrogens with one attached hydrogen (secondary N) is 1. The Labute approximate surface area is 214 Å². The molecule has 2 atom stereocenters. The lowest BCUT2D eigenvalue weighted by Gasteiger charge is -2.34. The van der Waals surface area contributed by atoms with Crippen molar-refractivity contribution in [2.24, 2.45) is 0 Å². The minimum atomic E-state index is -4.22. The lowest BCUT2D eigenvalue weighted by atomic mass is 10.1. The monoisotopic (exact) mass is 520 g/mol. The molecular formula is C26H37FN4O4S. The van der Waals surface area contributed by atoms with E-state index in [0.29, 0.717) is 6.42 Å². The van der Waals surface area contributed by atoms with Gasteiger partial charge in [-0.2, -0.15) is 12.7 Å². The highest BCUT2D eigenvalue weighted by atomic mass is 32.2. The van der Waals surface area contributed by atoms with Gasteiger partial charge in [0.15, 0.2) is 0 Å². The lowest BCUT2D eigenvalue weighted by Crippen LogP contribution is -2.54. The van der Waals surface area contributed by atoms with Crippen LogP contribution in [0.2, 0.25) is 0 Å². The van der Waals surface area contributed by atoms with Crippen LogP contribution in [0.1, 0.15) is 44.7 Å². The Balaban J connectivity index is 2.51. The molecule has 0 unspecified atom stereocenters. The normalized spacial score (nSPS) is 13.2. The van der Waals surface area contributed by atoms with Crippen LogP contribution in [-0.4, -0.2) is 62.2 Å². The third-order valence-electron chi connectivity index (χ3n) is 6.00. The third-order valence-corrected chi connectivity index (χ3v) is 7.81. The van der Waals surface area contributed by atoms with E-state index in [4.69, 9.17) is 0 Å². The zero-order chi connectivity index (χ0) is 27.0. The van der Waals surface area contributed by atoms with Gasteiger partial charge in [0, 0.05) is 26.7 Å². The minimum Gasteiger partial charge on any atom is -0.352 e. The van der Waals surface area contributed by atoms with Crippen molar-refractivity contribution in [2.45, 2.75) is 59.2 Å². The summed E-state index contributed by atoms with van der Waals surface area (Å²) in [5.74, 6) is -1.71. The number of halogens is 1. The van der Waals surface area contributed by atoms with E-state index in [0.717, 1.165) is 32.2 Å². The first kappa shape index (κ1) is 29.3. The van der Waals surface area contributed by atoms with Gasteiger partial charge in [0.05, 0.1) is 5.69 Å². The first-order valence-corrected chi connectivity index (χ1v) is 13.4. The molecule has 0 bridgehead atoms. The summed E-state index contributed by atoms with van der Waals surface area (Å²) in [7, 11) is -1.60. The van der Waals surface area contributed by atoms with E-state index in [1.807, 2.05) is 45.0 Å². The van der Waals surface area contributed by atoms with Gasteiger partial charge in [0.25, 0.3) is 0 Å². The highest BCUT2D eigenvalue weighted by molar-refractivity contribution is 7.90. The predicted molar refractivity (Wildman–Crippen MR) is 140 cm³/mol. The molecule has 0 spiro atoms. The summed E-state index contributed by atoms with van der Waals surface area (Å²) < 4.78 is 42.6. The Morgan fingerprint density at radius 1 is 1.00 bits per heavy atom. The smallest absolute Gasteiger partial charge is 0.304 e. The Morgan fingerprint density at radius 2 is 1.61 bits per heavy atom. The summed E-state index contributed by atoms with van der Waals surface area (Å²) in [5.41, 5.74) is 1.59. The molecule has 198 valence electrons. The molecule has 0 aromatic heterocycles. The van der Waals surface area contributed by atoms with Gasteiger partial charge in [0.2, 0.25) is 11.8 Å². The molecule has 0 saturated carbocycles. The van der Waals surface area contributed by atoms with Gasteiger partial charge in [-0.15, -0.1) is 0 Å². The zero-order valence-electron chi connectivity index (χ0n) is 21.9. The fourth-order valence-corrected chi connectivity index (χ4v) is 4.67. The van der Waals surface area contributed by atoms with Crippen LogP contribution in [0.5, 0.6) is 0 Å². The fraction of sp³-hybridized carbons (Fsp3) is 0.462. The van der Waals surface area contributed by atoms with Crippen molar-refractivity contribution < 1.29 is 22.4 Å². The van der Waals surface area contributed by atoms with Crippen molar-refractivity contribution in [1.82, 2.24) is 14.5 Å². The largest absolute Gasteiger partial charge is 0.352 e. The molecule has 0 aliphatic carbocycles. The summed E-state index contributed by atoms with van der Waals surface area (Å²) in [6.07, 6.45) is 1.04. The maximum absolute atomic E-state index is 14.7. The van der Waals surface area contributed by atoms with Gasteiger partial charge in [-0.1, -0.05) is 55.8 Å². The van der Waals surface area contributed by atoms with Crippen LogP contribution in [-0.2, 0) is 26.3 Å². The number of nitrogens with zero attached hydrogens (tertiary/aromatic N) is 3. The Morgan fingerprint density at radius 3 is 2.14 bits per heavy atom. The summed E-state index contributed by atoms with van der Waals surface area (Å²) >= 11 is 0. The topological polar surface area (TPSA) is 90.0 Å². The van der Waals surface area contributed by atoms with E-state index in [1.54, 1.807) is 6.92 Å². The van der Waals surface area contributed by atoms with Crippen LogP contribution in [0, 0.1) is 12.7 Å². The van der Waals surface area contributed by atoms with E-state index >= 15 is 0 Å². The van der Waals surface area contributed by atoms with Crippen molar-refractivity contribution in [3.8, 4) is 0 Å². The number of rotatable bonds is 12. The maximum Gasteiger partial charge on any atom is 0.304 e. The number of carbonyl (C=O) groups excluding carboxylic acids is 2. The van der Waals surface area contributed by atoms with Crippen LogP contribution in [0.3, 0.4) is 0 Å². The first-order chi connectivity index (χ1) is 16.9. The molecule has 0 heterocycles. The van der Waals surface area contributed by atoms with E-state index in [1.165, 1.54) is 37.2 Å². The number of anilines is 1. The van der Waals surface area contributed by atoms with Crippen molar-refractivity contribution in [3.63, 3.8) is 0 Å². The molecule has 0 aliphatic heterocycles. The van der Waals surface area contributed by atoms with Crippen molar-refractivity contribution >= 4 is 27.7 Å². The molecule has 2 amide bonds. The second-order valence-electron chi connectivity index (χ2n) is 9.00. The number of benzene rings is 2. The quantitative estimate of drug-likeness (QED) is 0.464. The van der Waals surface area contributed by atoms with Crippen LogP contribution < -0.4 is 9.62 Å². The Hall–Kier alpha value is -2.98. The van der Waals surface area contributed by atoms with Gasteiger partial charge in [-0.3, -0.25) is 9.59 Å². The molecule has 0 radical (unpaired) electrons. The van der Waals surface area contributed by atoms with Gasteiger partial charge in [-0.25, -0.2) is 8.70 Å². The highest BCUT2D eigenvalue weighted by Gasteiger charge is 2.34. The van der Waals surface area contributed by atoms with Gasteiger partial charge >= 0.3 is 10.2 Å². The number of hydrogen-bond donors (Lipinski definition) is 1. The van der Waals surface area contributed by atoms with Crippen LogP contribution >= 0.6 is 0 Å². The second-order valence-corrected chi connectivity index (χ2v) is 11.1. The first-order valence-electron chi connectivity index (χ1n) is 12.0. The molecule has 1 N–H and O–H groups in total. The third kappa shape index (κ3) is 7.27. The average molecular weight is 521 g/mol. The molecule has 36 heavy (non-hydrogen) atoms. The van der Waals surface area contributed by atoms with E-state index in [-0.39, 0.29) is 24.2 Å². The van der Waals surface area contributed by atoms with Crippen LogP contribution in [0.25, 0.3) is 0 Å². The molecular weight excluding hydrogens is 483 g/mol. The number of carbonyl (C=O) groups is 2. The van der Waals surface area contributed by atoms with E-state index in [9.17, 15) is 22.4 Å². The van der Waals surface area contributed by atoms with Crippen LogP contribution in [0.4, 0.5) is 10.1 Å². The van der Waals surface area contributed by atoms with Crippen LogP contribution in [0.15, 0.2) is 48.5 Å². The Bertz CT molecular complexity index is 1140. The molecule has 0 saturated heterocycles. The van der Waals surface area contributed by atoms with Crippen molar-refractivity contribution in [1.29, 1.82) is 0 Å². The van der Waals surface area contributed by atoms with E-state index < -0.39 is 34.5 Å². The predicted octanol–water partition coefficient (Wildman–Crippen LogP) is 3.47. The highest BCUT2D eigenvalue weighted by Crippen LogP contribution is 2.24. The summed E-state index contributed by atoms with van der Waals surface area (Å²) in [4.78, 5) is 28.3. The Kier molecular flexibility index (Phi) is 10.4. The average Bonchev–Trinajstić information content (AvgIpc) is 2.83. The molecule has 0 aliphatic rings. The minimum absolute atomic E-state index is 0.0908. The van der Waals surface area contributed by atoms with Crippen molar-refractivity contribution in [2.75, 3.05) is 24.9 Å². The lowest BCUT2D eigenvalue weighted by molar-refractivity contribution is -0.140. The number of amides is 2. The molecule has 2 aromatic rings. The van der Waals surface area contributed by atoms with E-state index in [2.05, 4.69) is 5.32 Å². The molecule has 0 fully saturated rings. The summed E-state index contributed by atoms with van der Waals surface area (Å²) in [5, 5.41) is 2.92. The van der Waals surface area contributed by atoms with Gasteiger partial charge in [0.1, 0.15) is 18.4 Å². The zero-order valence-corrected chi connectivity index (χ0v) is 22.7. The maximum atomic E-state index is 14.7. The van der Waals surface area contributed by atoms with Crippen molar-refractivity contribution in [3.05, 3.63) is 65.5 Å². The van der Waals surface area contributed by atoms with Gasteiger partial charge in [-0.05, 0) is 44.4 Å². The summed E-state index contributed by atoms with van der Waals surface area (Å²) in [6, 6.07) is 12.0. The number of hydrogen-bond acceptors (Lipinski definition) is 4. The van der Waals surface area contributed by atoms with Gasteiger partial charge < -0.3 is 10.2 Å². The fourth-order valence-electron chi connectivity index (χ4n) is 3.61. The SMILES string of the molecule is CC[C@@H](C)NC(=O)[C@H](CC)N(Cc1ccc(C)cc1)C(=O)CN(c1ccccc1F)S(=O)(=O)N(C)C. The molecule has 2 aromatic carbocycles. The number of para-hydroxylation sites is 1.